The summed E-state index contributed by atoms with van der Waals surface area (Å²) in [6.07, 6.45) is 0.636. The van der Waals surface area contributed by atoms with Gasteiger partial charge in [-0.1, -0.05) is 34.1 Å². The Balaban J connectivity index is 1.41. The molecule has 2 aromatic rings. The number of rotatable bonds is 3. The van der Waals surface area contributed by atoms with E-state index in [4.69, 9.17) is 18.9 Å². The topological polar surface area (TPSA) is 54.0 Å². The van der Waals surface area contributed by atoms with E-state index in [9.17, 15) is 4.79 Å². The summed E-state index contributed by atoms with van der Waals surface area (Å²) in [6, 6.07) is 11.5. The van der Waals surface area contributed by atoms with E-state index < -0.39 is 0 Å². The highest BCUT2D eigenvalue weighted by Crippen LogP contribution is 2.36. The van der Waals surface area contributed by atoms with Crippen molar-refractivity contribution < 1.29 is 23.7 Å². The highest BCUT2D eigenvalue weighted by atomic mass is 79.9. The smallest absolute Gasteiger partial charge is 0.313 e. The van der Waals surface area contributed by atoms with Crippen molar-refractivity contribution in [1.82, 2.24) is 0 Å². The van der Waals surface area contributed by atoms with Crippen LogP contribution in [0.3, 0.4) is 0 Å². The van der Waals surface area contributed by atoms with E-state index in [1.54, 1.807) is 0 Å². The summed E-state index contributed by atoms with van der Waals surface area (Å²) < 4.78 is 23.1. The van der Waals surface area contributed by atoms with E-state index in [-0.39, 0.29) is 18.5 Å². The largest absolute Gasteiger partial charge is 0.492 e. The van der Waals surface area contributed by atoms with E-state index in [2.05, 4.69) is 15.9 Å². The van der Waals surface area contributed by atoms with Gasteiger partial charge in [-0.2, -0.15) is 0 Å². The number of fused-ring (bicyclic) bond motifs is 2. The van der Waals surface area contributed by atoms with Gasteiger partial charge in [0, 0.05) is 10.0 Å². The van der Waals surface area contributed by atoms with Gasteiger partial charge in [-0.15, -0.1) is 0 Å². The lowest BCUT2D eigenvalue weighted by Gasteiger charge is -2.24. The third-order valence-electron chi connectivity index (χ3n) is 4.29. The lowest BCUT2D eigenvalue weighted by Crippen LogP contribution is -2.29. The molecular formula is C19H17BrO5. The van der Waals surface area contributed by atoms with Crippen molar-refractivity contribution in [2.75, 3.05) is 19.8 Å². The molecule has 6 heteroatoms. The quantitative estimate of drug-likeness (QED) is 0.732. The van der Waals surface area contributed by atoms with E-state index >= 15 is 0 Å². The number of esters is 1. The molecule has 0 radical (unpaired) electrons. The molecule has 0 spiro atoms. The molecule has 0 aromatic heterocycles. The Hall–Kier alpha value is -2.21. The first kappa shape index (κ1) is 16.3. The highest BCUT2D eigenvalue weighted by molar-refractivity contribution is 9.10. The molecule has 0 bridgehead atoms. The summed E-state index contributed by atoms with van der Waals surface area (Å²) >= 11 is 3.49. The van der Waals surface area contributed by atoms with E-state index in [0.717, 1.165) is 21.3 Å². The highest BCUT2D eigenvalue weighted by Gasteiger charge is 2.27. The van der Waals surface area contributed by atoms with Crippen LogP contribution in [0.5, 0.6) is 17.2 Å². The summed E-state index contributed by atoms with van der Waals surface area (Å²) in [7, 11) is 0. The number of carbonyl (C=O) groups excluding carboxylic acids is 1. The third kappa shape index (κ3) is 3.44. The van der Waals surface area contributed by atoms with Crippen LogP contribution in [0.25, 0.3) is 0 Å². The summed E-state index contributed by atoms with van der Waals surface area (Å²) in [5.74, 6) is 1.68. The van der Waals surface area contributed by atoms with Crippen molar-refractivity contribution in [3.63, 3.8) is 0 Å². The molecule has 1 unspecified atom stereocenters. The average molecular weight is 405 g/mol. The van der Waals surface area contributed by atoms with Crippen LogP contribution >= 0.6 is 15.9 Å². The fourth-order valence-electron chi connectivity index (χ4n) is 2.96. The van der Waals surface area contributed by atoms with Crippen molar-refractivity contribution in [3.8, 4) is 17.2 Å². The Labute approximate surface area is 154 Å². The minimum absolute atomic E-state index is 0.175. The monoisotopic (exact) mass is 404 g/mol. The van der Waals surface area contributed by atoms with Gasteiger partial charge in [0.05, 0.1) is 5.92 Å². The zero-order chi connectivity index (χ0) is 17.2. The molecule has 1 atom stereocenters. The van der Waals surface area contributed by atoms with Crippen LogP contribution in [-0.4, -0.2) is 25.8 Å². The number of carbonyl (C=O) groups is 1. The van der Waals surface area contributed by atoms with Crippen LogP contribution in [0.2, 0.25) is 0 Å². The maximum absolute atomic E-state index is 12.4. The maximum atomic E-state index is 12.4. The summed E-state index contributed by atoms with van der Waals surface area (Å²) in [5.41, 5.74) is 1.88. The second-order valence-electron chi connectivity index (χ2n) is 6.01. The second-order valence-corrected chi connectivity index (χ2v) is 6.87. The zero-order valence-corrected chi connectivity index (χ0v) is 15.1. The van der Waals surface area contributed by atoms with Gasteiger partial charge in [-0.05, 0) is 30.2 Å². The molecule has 0 amide bonds. The van der Waals surface area contributed by atoms with E-state index in [1.807, 2.05) is 36.4 Å². The van der Waals surface area contributed by atoms with Gasteiger partial charge in [0.15, 0.2) is 11.5 Å². The van der Waals surface area contributed by atoms with Gasteiger partial charge < -0.3 is 18.9 Å². The fraction of sp³-hybridized carbons (Fsp3) is 0.316. The van der Waals surface area contributed by atoms with Gasteiger partial charge in [0.25, 0.3) is 0 Å². The molecule has 0 saturated carbocycles. The molecular weight excluding hydrogens is 388 g/mol. The minimum atomic E-state index is -0.286. The van der Waals surface area contributed by atoms with E-state index in [0.29, 0.717) is 37.7 Å². The lowest BCUT2D eigenvalue weighted by molar-refractivity contribution is -0.151. The molecule has 0 fully saturated rings. The molecule has 0 saturated heterocycles. The van der Waals surface area contributed by atoms with Crippen molar-refractivity contribution in [1.29, 1.82) is 0 Å². The van der Waals surface area contributed by atoms with Crippen LogP contribution in [0.15, 0.2) is 40.9 Å². The number of benzene rings is 2. The summed E-state index contributed by atoms with van der Waals surface area (Å²) in [5, 5.41) is 0. The molecule has 0 aliphatic carbocycles. The molecule has 2 aliphatic rings. The molecule has 2 heterocycles. The Kier molecular flexibility index (Phi) is 4.53. The molecule has 130 valence electrons. The molecule has 2 aromatic carbocycles. The SMILES string of the molecule is O=C(OCc1cc2c(cc1Br)OCCO2)C1COc2ccccc2C1. The van der Waals surface area contributed by atoms with Gasteiger partial charge in [-0.3, -0.25) is 4.79 Å². The van der Waals surface area contributed by atoms with Crippen molar-refractivity contribution >= 4 is 21.9 Å². The maximum Gasteiger partial charge on any atom is 0.313 e. The first-order valence-electron chi connectivity index (χ1n) is 8.16. The Morgan fingerprint density at radius 2 is 1.84 bits per heavy atom. The van der Waals surface area contributed by atoms with Crippen LogP contribution < -0.4 is 14.2 Å². The Morgan fingerprint density at radius 1 is 1.08 bits per heavy atom. The van der Waals surface area contributed by atoms with Crippen LogP contribution in [0, 0.1) is 5.92 Å². The molecule has 5 nitrogen and oxygen atoms in total. The Morgan fingerprint density at radius 3 is 2.68 bits per heavy atom. The fourth-order valence-corrected chi connectivity index (χ4v) is 3.40. The Bertz CT molecular complexity index is 804. The first-order chi connectivity index (χ1) is 12.2. The number of para-hydroxylation sites is 1. The number of ether oxygens (including phenoxy) is 4. The van der Waals surface area contributed by atoms with Crippen LogP contribution in [0.4, 0.5) is 0 Å². The predicted molar refractivity (Wildman–Crippen MR) is 94.1 cm³/mol. The standard InChI is InChI=1S/C19H17BrO5/c20-15-9-18-17(22-5-6-23-18)8-13(15)10-25-19(21)14-7-12-3-1-2-4-16(12)24-11-14/h1-4,8-9,14H,5-7,10-11H2. The predicted octanol–water partition coefficient (Wildman–Crippen LogP) is 3.51. The molecule has 4 rings (SSSR count). The van der Waals surface area contributed by atoms with Gasteiger partial charge >= 0.3 is 5.97 Å². The number of hydrogen-bond acceptors (Lipinski definition) is 5. The summed E-state index contributed by atoms with van der Waals surface area (Å²) in [4.78, 5) is 12.4. The zero-order valence-electron chi connectivity index (χ0n) is 13.5. The summed E-state index contributed by atoms with van der Waals surface area (Å²) in [6.45, 7) is 1.58. The second kappa shape index (κ2) is 6.96. The van der Waals surface area contributed by atoms with Gasteiger partial charge in [-0.25, -0.2) is 0 Å². The minimum Gasteiger partial charge on any atom is -0.492 e. The lowest BCUT2D eigenvalue weighted by atomic mass is 9.97. The van der Waals surface area contributed by atoms with Gasteiger partial charge in [0.1, 0.15) is 32.2 Å². The average Bonchev–Trinajstić information content (AvgIpc) is 2.65. The van der Waals surface area contributed by atoms with Crippen molar-refractivity contribution in [2.24, 2.45) is 5.92 Å². The molecule has 0 N–H and O–H groups in total. The molecule has 25 heavy (non-hydrogen) atoms. The number of hydrogen-bond donors (Lipinski definition) is 0. The van der Waals surface area contributed by atoms with Crippen molar-refractivity contribution in [2.45, 2.75) is 13.0 Å². The van der Waals surface area contributed by atoms with Crippen molar-refractivity contribution in [3.05, 3.63) is 52.0 Å². The normalized spacial score (nSPS) is 18.0. The van der Waals surface area contributed by atoms with Crippen LogP contribution in [0.1, 0.15) is 11.1 Å². The third-order valence-corrected chi connectivity index (χ3v) is 5.03. The van der Waals surface area contributed by atoms with Crippen LogP contribution in [-0.2, 0) is 22.6 Å². The van der Waals surface area contributed by atoms with Gasteiger partial charge in [0.2, 0.25) is 0 Å². The first-order valence-corrected chi connectivity index (χ1v) is 8.95. The molecule has 2 aliphatic heterocycles. The number of halogens is 1. The van der Waals surface area contributed by atoms with E-state index in [1.165, 1.54) is 0 Å².